The summed E-state index contributed by atoms with van der Waals surface area (Å²) in [6, 6.07) is 14.5. The highest BCUT2D eigenvalue weighted by Gasteiger charge is 2.09. The zero-order chi connectivity index (χ0) is 15.4. The van der Waals surface area contributed by atoms with Gasteiger partial charge in [0, 0.05) is 10.6 Å². The third-order valence-electron chi connectivity index (χ3n) is 2.97. The van der Waals surface area contributed by atoms with E-state index in [4.69, 9.17) is 25.6 Å². The molecule has 6 heteroatoms. The van der Waals surface area contributed by atoms with Gasteiger partial charge in [0.2, 0.25) is 5.82 Å². The molecule has 1 aromatic heterocycles. The van der Waals surface area contributed by atoms with Gasteiger partial charge in [-0.15, -0.1) is 0 Å². The Morgan fingerprint density at radius 2 is 1.91 bits per heavy atom. The molecule has 22 heavy (non-hydrogen) atoms. The van der Waals surface area contributed by atoms with Gasteiger partial charge in [-0.25, -0.2) is 0 Å². The molecule has 0 bridgehead atoms. The predicted molar refractivity (Wildman–Crippen MR) is 82.1 cm³/mol. The Balaban J connectivity index is 1.68. The normalized spacial score (nSPS) is 10.5. The van der Waals surface area contributed by atoms with Crippen LogP contribution in [0.1, 0.15) is 5.82 Å². The Labute approximate surface area is 132 Å². The van der Waals surface area contributed by atoms with Crippen molar-refractivity contribution >= 4 is 11.6 Å². The van der Waals surface area contributed by atoms with E-state index in [9.17, 15) is 0 Å². The lowest BCUT2D eigenvalue weighted by Gasteiger charge is -2.02. The molecular formula is C16H13ClN2O3. The SMILES string of the molecule is COc1ccc(-c2nc(COc3cccc(Cl)c3)no2)cc1. The zero-order valence-electron chi connectivity index (χ0n) is 11.8. The van der Waals surface area contributed by atoms with Crippen LogP contribution in [0.15, 0.2) is 53.1 Å². The molecule has 0 fully saturated rings. The van der Waals surface area contributed by atoms with Gasteiger partial charge in [0.25, 0.3) is 5.89 Å². The van der Waals surface area contributed by atoms with Crippen molar-refractivity contribution < 1.29 is 14.0 Å². The summed E-state index contributed by atoms with van der Waals surface area (Å²) in [6.07, 6.45) is 0. The summed E-state index contributed by atoms with van der Waals surface area (Å²) in [5, 5.41) is 4.51. The second-order valence-electron chi connectivity index (χ2n) is 4.49. The molecule has 2 aromatic carbocycles. The second kappa shape index (κ2) is 6.49. The van der Waals surface area contributed by atoms with Gasteiger partial charge in [0.1, 0.15) is 11.5 Å². The first kappa shape index (κ1) is 14.4. The molecule has 0 aliphatic heterocycles. The van der Waals surface area contributed by atoms with Gasteiger partial charge < -0.3 is 14.0 Å². The van der Waals surface area contributed by atoms with Crippen LogP contribution in [-0.4, -0.2) is 17.3 Å². The highest BCUT2D eigenvalue weighted by molar-refractivity contribution is 6.30. The monoisotopic (exact) mass is 316 g/mol. The first-order valence-corrected chi connectivity index (χ1v) is 6.98. The van der Waals surface area contributed by atoms with E-state index in [1.807, 2.05) is 36.4 Å². The van der Waals surface area contributed by atoms with Crippen LogP contribution in [0.3, 0.4) is 0 Å². The fourth-order valence-electron chi connectivity index (χ4n) is 1.87. The lowest BCUT2D eigenvalue weighted by atomic mass is 10.2. The molecule has 5 nitrogen and oxygen atoms in total. The minimum atomic E-state index is 0.208. The van der Waals surface area contributed by atoms with Gasteiger partial charge in [0.05, 0.1) is 7.11 Å². The number of hydrogen-bond acceptors (Lipinski definition) is 5. The van der Waals surface area contributed by atoms with Crippen LogP contribution in [0.25, 0.3) is 11.5 Å². The fourth-order valence-corrected chi connectivity index (χ4v) is 2.05. The van der Waals surface area contributed by atoms with Crippen molar-refractivity contribution in [2.75, 3.05) is 7.11 Å². The summed E-state index contributed by atoms with van der Waals surface area (Å²) >= 11 is 5.90. The maximum atomic E-state index is 5.90. The highest BCUT2D eigenvalue weighted by Crippen LogP contribution is 2.21. The summed E-state index contributed by atoms with van der Waals surface area (Å²) in [5.74, 6) is 2.33. The maximum Gasteiger partial charge on any atom is 0.258 e. The Morgan fingerprint density at radius 3 is 2.64 bits per heavy atom. The Kier molecular flexibility index (Phi) is 4.25. The molecule has 112 valence electrons. The van der Waals surface area contributed by atoms with E-state index in [0.717, 1.165) is 11.3 Å². The average molecular weight is 317 g/mol. The van der Waals surface area contributed by atoms with E-state index >= 15 is 0 Å². The molecule has 3 aromatic rings. The number of hydrogen-bond donors (Lipinski definition) is 0. The molecular weight excluding hydrogens is 304 g/mol. The number of aromatic nitrogens is 2. The lowest BCUT2D eigenvalue weighted by Crippen LogP contribution is -1.97. The largest absolute Gasteiger partial charge is 0.497 e. The van der Waals surface area contributed by atoms with Crippen molar-refractivity contribution in [2.45, 2.75) is 6.61 Å². The minimum Gasteiger partial charge on any atom is -0.497 e. The molecule has 0 aliphatic carbocycles. The molecule has 0 amide bonds. The standard InChI is InChI=1S/C16H13ClN2O3/c1-20-13-7-5-11(6-8-13)16-18-15(19-22-16)10-21-14-4-2-3-12(17)9-14/h2-9H,10H2,1H3. The van der Waals surface area contributed by atoms with Crippen LogP contribution >= 0.6 is 11.6 Å². The lowest BCUT2D eigenvalue weighted by molar-refractivity contribution is 0.287. The van der Waals surface area contributed by atoms with Crippen LogP contribution in [0.5, 0.6) is 11.5 Å². The molecule has 0 N–H and O–H groups in total. The Bertz CT molecular complexity index is 756. The average Bonchev–Trinajstić information content (AvgIpc) is 3.02. The molecule has 0 saturated heterocycles. The summed E-state index contributed by atoms with van der Waals surface area (Å²) in [6.45, 7) is 0.208. The summed E-state index contributed by atoms with van der Waals surface area (Å²) in [4.78, 5) is 4.30. The molecule has 0 spiro atoms. The predicted octanol–water partition coefficient (Wildman–Crippen LogP) is 3.98. The van der Waals surface area contributed by atoms with Crippen LogP contribution in [0.2, 0.25) is 5.02 Å². The van der Waals surface area contributed by atoms with E-state index in [1.165, 1.54) is 0 Å². The fraction of sp³-hybridized carbons (Fsp3) is 0.125. The van der Waals surface area contributed by atoms with Gasteiger partial charge in [0.15, 0.2) is 6.61 Å². The van der Waals surface area contributed by atoms with Crippen LogP contribution in [0.4, 0.5) is 0 Å². The Morgan fingerprint density at radius 1 is 1.09 bits per heavy atom. The first-order chi connectivity index (χ1) is 10.7. The van der Waals surface area contributed by atoms with Gasteiger partial charge in [-0.2, -0.15) is 4.98 Å². The number of rotatable bonds is 5. The number of halogens is 1. The van der Waals surface area contributed by atoms with Gasteiger partial charge >= 0.3 is 0 Å². The molecule has 0 atom stereocenters. The van der Waals surface area contributed by atoms with E-state index in [2.05, 4.69) is 10.1 Å². The van der Waals surface area contributed by atoms with Crippen LogP contribution in [0, 0.1) is 0 Å². The third kappa shape index (κ3) is 3.38. The van der Waals surface area contributed by atoms with Crippen molar-refractivity contribution in [1.82, 2.24) is 10.1 Å². The van der Waals surface area contributed by atoms with E-state index in [1.54, 1.807) is 19.2 Å². The molecule has 1 heterocycles. The van der Waals surface area contributed by atoms with Crippen LogP contribution in [-0.2, 0) is 6.61 Å². The zero-order valence-corrected chi connectivity index (χ0v) is 12.6. The van der Waals surface area contributed by atoms with Crippen molar-refractivity contribution in [3.63, 3.8) is 0 Å². The number of ether oxygens (including phenoxy) is 2. The third-order valence-corrected chi connectivity index (χ3v) is 3.20. The molecule has 3 rings (SSSR count). The smallest absolute Gasteiger partial charge is 0.258 e. The molecule has 0 saturated carbocycles. The maximum absolute atomic E-state index is 5.90. The number of nitrogens with zero attached hydrogens (tertiary/aromatic N) is 2. The summed E-state index contributed by atoms with van der Waals surface area (Å²) < 4.78 is 15.9. The summed E-state index contributed by atoms with van der Waals surface area (Å²) in [7, 11) is 1.62. The van der Waals surface area contributed by atoms with Crippen LogP contribution < -0.4 is 9.47 Å². The molecule has 0 radical (unpaired) electrons. The molecule has 0 aliphatic rings. The van der Waals surface area contributed by atoms with E-state index < -0.39 is 0 Å². The van der Waals surface area contributed by atoms with E-state index in [-0.39, 0.29) is 6.61 Å². The molecule has 0 unspecified atom stereocenters. The second-order valence-corrected chi connectivity index (χ2v) is 4.93. The Hall–Kier alpha value is -2.53. The topological polar surface area (TPSA) is 57.4 Å². The number of benzene rings is 2. The first-order valence-electron chi connectivity index (χ1n) is 6.60. The van der Waals surface area contributed by atoms with Crippen molar-refractivity contribution in [1.29, 1.82) is 0 Å². The quantitative estimate of drug-likeness (QED) is 0.712. The number of methoxy groups -OCH3 is 1. The highest BCUT2D eigenvalue weighted by atomic mass is 35.5. The van der Waals surface area contributed by atoms with Crippen molar-refractivity contribution in [3.05, 3.63) is 59.4 Å². The van der Waals surface area contributed by atoms with Crippen molar-refractivity contribution in [2.24, 2.45) is 0 Å². The minimum absolute atomic E-state index is 0.208. The van der Waals surface area contributed by atoms with Gasteiger partial charge in [-0.05, 0) is 42.5 Å². The summed E-state index contributed by atoms with van der Waals surface area (Å²) in [5.41, 5.74) is 0.822. The van der Waals surface area contributed by atoms with Crippen molar-refractivity contribution in [3.8, 4) is 23.0 Å². The van der Waals surface area contributed by atoms with Gasteiger partial charge in [-0.1, -0.05) is 22.8 Å². The van der Waals surface area contributed by atoms with E-state index in [0.29, 0.717) is 22.5 Å². The van der Waals surface area contributed by atoms with Gasteiger partial charge in [-0.3, -0.25) is 0 Å².